The zero-order valence-corrected chi connectivity index (χ0v) is 12.7. The molecule has 1 aromatic carbocycles. The third-order valence-corrected chi connectivity index (χ3v) is 4.15. The van der Waals surface area contributed by atoms with Gasteiger partial charge in [0.1, 0.15) is 0 Å². The van der Waals surface area contributed by atoms with Crippen LogP contribution in [0.5, 0.6) is 0 Å². The van der Waals surface area contributed by atoms with E-state index in [4.69, 9.17) is 11.6 Å². The zero-order chi connectivity index (χ0) is 14.6. The van der Waals surface area contributed by atoms with Crippen LogP contribution in [0.3, 0.4) is 0 Å². The summed E-state index contributed by atoms with van der Waals surface area (Å²) in [7, 11) is 0. The van der Waals surface area contributed by atoms with Crippen LogP contribution in [0.2, 0.25) is 5.02 Å². The molecule has 20 heavy (non-hydrogen) atoms. The quantitative estimate of drug-likeness (QED) is 0.864. The lowest BCUT2D eigenvalue weighted by molar-refractivity contribution is 0.0336. The van der Waals surface area contributed by atoms with Gasteiger partial charge in [0.25, 0.3) is 0 Å². The van der Waals surface area contributed by atoms with E-state index in [0.717, 1.165) is 43.4 Å². The van der Waals surface area contributed by atoms with E-state index in [1.807, 2.05) is 25.1 Å². The minimum atomic E-state index is -0.418. The zero-order valence-electron chi connectivity index (χ0n) is 11.9. The number of hydrogen-bond donors (Lipinski definition) is 2. The Hall–Kier alpha value is -0.810. The fourth-order valence-electron chi connectivity index (χ4n) is 2.53. The first kappa shape index (κ1) is 15.6. The summed E-state index contributed by atoms with van der Waals surface area (Å²) >= 11 is 6.02. The van der Waals surface area contributed by atoms with Crippen LogP contribution in [0.25, 0.3) is 0 Å². The molecule has 1 aromatic rings. The van der Waals surface area contributed by atoms with Crippen molar-refractivity contribution < 1.29 is 10.2 Å². The average molecular weight is 299 g/mol. The van der Waals surface area contributed by atoms with E-state index in [1.54, 1.807) is 0 Å². The molecular weight excluding hydrogens is 276 g/mol. The van der Waals surface area contributed by atoms with E-state index >= 15 is 0 Å². The molecule has 1 saturated heterocycles. The first-order valence-corrected chi connectivity index (χ1v) is 7.39. The van der Waals surface area contributed by atoms with Gasteiger partial charge in [0.2, 0.25) is 0 Å². The highest BCUT2D eigenvalue weighted by Crippen LogP contribution is 2.22. The maximum absolute atomic E-state index is 9.36. The van der Waals surface area contributed by atoms with E-state index in [2.05, 4.69) is 15.9 Å². The second-order valence-corrected chi connectivity index (χ2v) is 6.31. The predicted molar refractivity (Wildman–Crippen MR) is 82.4 cm³/mol. The molecule has 4 nitrogen and oxygen atoms in total. The molecule has 0 bridgehead atoms. The summed E-state index contributed by atoms with van der Waals surface area (Å²) in [6, 6.07) is 7.92. The minimum Gasteiger partial charge on any atom is -0.396 e. The van der Waals surface area contributed by atoms with Crippen molar-refractivity contribution in [2.75, 3.05) is 50.8 Å². The van der Waals surface area contributed by atoms with Gasteiger partial charge >= 0.3 is 0 Å². The van der Waals surface area contributed by atoms with Crippen LogP contribution in [-0.2, 0) is 0 Å². The minimum absolute atomic E-state index is 0.0119. The van der Waals surface area contributed by atoms with E-state index in [0.29, 0.717) is 0 Å². The van der Waals surface area contributed by atoms with Crippen LogP contribution in [0.15, 0.2) is 24.3 Å². The van der Waals surface area contributed by atoms with Gasteiger partial charge in [0.15, 0.2) is 0 Å². The molecular formula is C15H23ClN2O2. The lowest BCUT2D eigenvalue weighted by atomic mass is 9.92. The summed E-state index contributed by atoms with van der Waals surface area (Å²) in [6.45, 7) is 6.40. The number of anilines is 1. The molecule has 1 aliphatic rings. The number of hydrogen-bond acceptors (Lipinski definition) is 4. The molecule has 1 aliphatic heterocycles. The molecule has 0 aromatic heterocycles. The van der Waals surface area contributed by atoms with Gasteiger partial charge in [-0.15, -0.1) is 0 Å². The molecule has 5 heteroatoms. The van der Waals surface area contributed by atoms with Crippen molar-refractivity contribution in [3.63, 3.8) is 0 Å². The van der Waals surface area contributed by atoms with Crippen molar-refractivity contribution >= 4 is 17.3 Å². The number of piperazine rings is 1. The molecule has 0 unspecified atom stereocenters. The molecule has 0 radical (unpaired) electrons. The molecule has 0 amide bonds. The smallest absolute Gasteiger partial charge is 0.0519 e. The Morgan fingerprint density at radius 2 is 1.80 bits per heavy atom. The van der Waals surface area contributed by atoms with Gasteiger partial charge in [-0.1, -0.05) is 24.6 Å². The van der Waals surface area contributed by atoms with Crippen LogP contribution < -0.4 is 4.90 Å². The van der Waals surface area contributed by atoms with Crippen molar-refractivity contribution in [2.24, 2.45) is 5.41 Å². The van der Waals surface area contributed by atoms with Crippen LogP contribution in [0.1, 0.15) is 6.92 Å². The molecule has 1 fully saturated rings. The van der Waals surface area contributed by atoms with Crippen molar-refractivity contribution in [3.05, 3.63) is 29.3 Å². The lowest BCUT2D eigenvalue weighted by Crippen LogP contribution is -2.51. The third kappa shape index (κ3) is 3.85. The van der Waals surface area contributed by atoms with E-state index in [-0.39, 0.29) is 13.2 Å². The highest BCUT2D eigenvalue weighted by Gasteiger charge is 2.27. The van der Waals surface area contributed by atoms with Gasteiger partial charge in [-0.2, -0.15) is 0 Å². The summed E-state index contributed by atoms with van der Waals surface area (Å²) in [4.78, 5) is 4.62. The topological polar surface area (TPSA) is 46.9 Å². The maximum Gasteiger partial charge on any atom is 0.0519 e. The number of halogens is 1. The Morgan fingerprint density at radius 1 is 1.15 bits per heavy atom. The van der Waals surface area contributed by atoms with Gasteiger partial charge in [-0.05, 0) is 18.2 Å². The second-order valence-electron chi connectivity index (χ2n) is 5.87. The first-order valence-electron chi connectivity index (χ1n) is 7.01. The van der Waals surface area contributed by atoms with E-state index in [1.165, 1.54) is 0 Å². The Labute approximate surface area is 125 Å². The molecule has 0 saturated carbocycles. The van der Waals surface area contributed by atoms with Crippen molar-refractivity contribution in [1.82, 2.24) is 4.90 Å². The molecule has 2 N–H and O–H groups in total. The number of rotatable bonds is 5. The van der Waals surface area contributed by atoms with Crippen LogP contribution in [0.4, 0.5) is 5.69 Å². The first-order chi connectivity index (χ1) is 9.56. The average Bonchev–Trinajstić information content (AvgIpc) is 2.48. The summed E-state index contributed by atoms with van der Waals surface area (Å²) < 4.78 is 0. The van der Waals surface area contributed by atoms with Crippen molar-refractivity contribution in [2.45, 2.75) is 6.92 Å². The Morgan fingerprint density at radius 3 is 2.35 bits per heavy atom. The molecule has 2 rings (SSSR count). The van der Waals surface area contributed by atoms with Crippen LogP contribution in [-0.4, -0.2) is 61.1 Å². The summed E-state index contributed by atoms with van der Waals surface area (Å²) in [5.74, 6) is 0. The van der Waals surface area contributed by atoms with Crippen LogP contribution >= 0.6 is 11.6 Å². The number of aliphatic hydroxyl groups excluding tert-OH is 2. The summed E-state index contributed by atoms with van der Waals surface area (Å²) in [5, 5.41) is 19.5. The molecule has 112 valence electrons. The van der Waals surface area contributed by atoms with E-state index < -0.39 is 5.41 Å². The van der Waals surface area contributed by atoms with Crippen molar-refractivity contribution in [1.29, 1.82) is 0 Å². The normalized spacial score (nSPS) is 17.5. The van der Waals surface area contributed by atoms with Gasteiger partial charge in [0, 0.05) is 48.8 Å². The van der Waals surface area contributed by atoms with Gasteiger partial charge in [-0.25, -0.2) is 0 Å². The second kappa shape index (κ2) is 6.76. The highest BCUT2D eigenvalue weighted by molar-refractivity contribution is 6.30. The predicted octanol–water partition coefficient (Wildman–Crippen LogP) is 1.45. The standard InChI is InChI=1S/C15H23ClN2O2/c1-15(11-19,12-20)10-17-5-7-18(8-6-17)14-4-2-3-13(16)9-14/h2-4,9,19-20H,5-8,10-12H2,1H3. The fraction of sp³-hybridized carbons (Fsp3) is 0.600. The third-order valence-electron chi connectivity index (χ3n) is 3.91. The molecule has 1 heterocycles. The SMILES string of the molecule is CC(CO)(CO)CN1CCN(c2cccc(Cl)c2)CC1. The summed E-state index contributed by atoms with van der Waals surface area (Å²) in [5.41, 5.74) is 0.738. The Balaban J connectivity index is 1.89. The van der Waals surface area contributed by atoms with Crippen molar-refractivity contribution in [3.8, 4) is 0 Å². The Kier molecular flexibility index (Phi) is 5.27. The largest absolute Gasteiger partial charge is 0.396 e. The molecule has 0 spiro atoms. The maximum atomic E-state index is 9.36. The summed E-state index contributed by atoms with van der Waals surface area (Å²) in [6.07, 6.45) is 0. The van der Waals surface area contributed by atoms with Gasteiger partial charge < -0.3 is 15.1 Å². The number of aliphatic hydroxyl groups is 2. The number of nitrogens with zero attached hydrogens (tertiary/aromatic N) is 2. The fourth-order valence-corrected chi connectivity index (χ4v) is 2.71. The van der Waals surface area contributed by atoms with E-state index in [9.17, 15) is 10.2 Å². The highest BCUT2D eigenvalue weighted by atomic mass is 35.5. The van der Waals surface area contributed by atoms with Gasteiger partial charge in [-0.3, -0.25) is 4.90 Å². The monoisotopic (exact) mass is 298 g/mol. The Bertz CT molecular complexity index is 430. The lowest BCUT2D eigenvalue weighted by Gasteiger charge is -2.39. The molecule has 0 atom stereocenters. The van der Waals surface area contributed by atoms with Gasteiger partial charge in [0.05, 0.1) is 13.2 Å². The number of benzene rings is 1. The molecule has 0 aliphatic carbocycles. The van der Waals surface area contributed by atoms with Crippen LogP contribution in [0, 0.1) is 5.41 Å².